The number of nitrogens with zero attached hydrogens (tertiary/aromatic N) is 1. The summed E-state index contributed by atoms with van der Waals surface area (Å²) in [5.41, 5.74) is 2.61. The predicted molar refractivity (Wildman–Crippen MR) is 106 cm³/mol. The van der Waals surface area contributed by atoms with E-state index in [1.165, 1.54) is 18.2 Å². The lowest BCUT2D eigenvalue weighted by molar-refractivity contribution is -0.117. The molecule has 3 rings (SSSR count). The molecule has 0 aromatic heterocycles. The lowest BCUT2D eigenvalue weighted by Crippen LogP contribution is -2.36. The fourth-order valence-electron chi connectivity index (χ4n) is 3.18. The fraction of sp³-hybridized carbons (Fsp3) is 0.318. The van der Waals surface area contributed by atoms with Gasteiger partial charge in [-0.15, -0.1) is 0 Å². The number of hydrogen-bond acceptors (Lipinski definition) is 3. The summed E-state index contributed by atoms with van der Waals surface area (Å²) in [6, 6.07) is 14.5. The molecule has 1 unspecified atom stereocenters. The molecule has 0 radical (unpaired) electrons. The quantitative estimate of drug-likeness (QED) is 0.785. The maximum absolute atomic E-state index is 13.7. The molecule has 1 atom stereocenters. The Kier molecular flexibility index (Phi) is 6.60. The third-order valence-corrected chi connectivity index (χ3v) is 4.69. The van der Waals surface area contributed by atoms with E-state index in [4.69, 9.17) is 4.74 Å². The van der Waals surface area contributed by atoms with Crippen LogP contribution in [0, 0.1) is 5.82 Å². The van der Waals surface area contributed by atoms with Crippen LogP contribution in [0.3, 0.4) is 0 Å². The summed E-state index contributed by atoms with van der Waals surface area (Å²) in [5.74, 6) is -0.575. The Morgan fingerprint density at radius 2 is 2.00 bits per heavy atom. The smallest absolute Gasteiger partial charge is 0.244 e. The van der Waals surface area contributed by atoms with Crippen molar-refractivity contribution in [3.05, 3.63) is 71.6 Å². The summed E-state index contributed by atoms with van der Waals surface area (Å²) in [6.07, 6.45) is 3.65. The first-order valence-electron chi connectivity index (χ1n) is 9.33. The molecular formula is C22H25FN2O2. The topological polar surface area (TPSA) is 41.6 Å². The molecule has 0 bridgehead atoms. The van der Waals surface area contributed by atoms with Gasteiger partial charge in [0.1, 0.15) is 5.82 Å². The molecular weight excluding hydrogens is 343 g/mol. The lowest BCUT2D eigenvalue weighted by atomic mass is 10.0. The number of amides is 1. The average molecular weight is 368 g/mol. The zero-order chi connectivity index (χ0) is 19.1. The molecule has 2 aromatic rings. The largest absolute Gasteiger partial charge is 0.378 e. The molecule has 1 saturated heterocycles. The van der Waals surface area contributed by atoms with E-state index < -0.39 is 0 Å². The highest BCUT2D eigenvalue weighted by molar-refractivity contribution is 5.92. The molecule has 1 fully saturated rings. The Hall–Kier alpha value is -2.66. The van der Waals surface area contributed by atoms with Gasteiger partial charge < -0.3 is 15.0 Å². The van der Waals surface area contributed by atoms with E-state index in [-0.39, 0.29) is 17.8 Å². The Bertz CT molecular complexity index is 800. The predicted octanol–water partition coefficient (Wildman–Crippen LogP) is 3.94. The molecule has 0 spiro atoms. The van der Waals surface area contributed by atoms with Crippen LogP contribution in [0.1, 0.15) is 30.5 Å². The van der Waals surface area contributed by atoms with Crippen LogP contribution in [-0.4, -0.2) is 32.2 Å². The second kappa shape index (κ2) is 9.33. The number of carbonyl (C=O) groups excluding carboxylic acids is 1. The number of hydrogen-bond donors (Lipinski definition) is 1. The molecule has 142 valence electrons. The molecule has 0 aliphatic carbocycles. The van der Waals surface area contributed by atoms with Gasteiger partial charge in [-0.25, -0.2) is 4.39 Å². The average Bonchev–Trinajstić information content (AvgIpc) is 2.72. The maximum atomic E-state index is 13.7. The van der Waals surface area contributed by atoms with Crippen molar-refractivity contribution in [2.75, 3.05) is 31.2 Å². The van der Waals surface area contributed by atoms with Crippen LogP contribution in [0.25, 0.3) is 6.08 Å². The van der Waals surface area contributed by atoms with Gasteiger partial charge in [0.2, 0.25) is 5.91 Å². The highest BCUT2D eigenvalue weighted by atomic mass is 19.1. The zero-order valence-corrected chi connectivity index (χ0v) is 15.5. The van der Waals surface area contributed by atoms with Crippen molar-refractivity contribution in [1.29, 1.82) is 0 Å². The van der Waals surface area contributed by atoms with Gasteiger partial charge in [0.15, 0.2) is 0 Å². The summed E-state index contributed by atoms with van der Waals surface area (Å²) in [6.45, 7) is 5.25. The van der Waals surface area contributed by atoms with Gasteiger partial charge in [0.25, 0.3) is 0 Å². The summed E-state index contributed by atoms with van der Waals surface area (Å²) in [5, 5.41) is 3.01. The number of ether oxygens (including phenoxy) is 1. The van der Waals surface area contributed by atoms with Gasteiger partial charge in [0.05, 0.1) is 19.3 Å². The van der Waals surface area contributed by atoms with Crippen molar-refractivity contribution >= 4 is 17.7 Å². The van der Waals surface area contributed by atoms with E-state index in [1.807, 2.05) is 19.1 Å². The second-order valence-corrected chi connectivity index (χ2v) is 6.52. The van der Waals surface area contributed by atoms with Crippen LogP contribution < -0.4 is 10.2 Å². The van der Waals surface area contributed by atoms with E-state index in [0.717, 1.165) is 44.0 Å². The minimum Gasteiger partial charge on any atom is -0.378 e. The highest BCUT2D eigenvalue weighted by Gasteiger charge is 2.15. The van der Waals surface area contributed by atoms with E-state index >= 15 is 0 Å². The molecule has 2 aromatic carbocycles. The van der Waals surface area contributed by atoms with Crippen LogP contribution >= 0.6 is 0 Å². The summed E-state index contributed by atoms with van der Waals surface area (Å²) < 4.78 is 19.1. The molecule has 1 heterocycles. The Morgan fingerprint density at radius 3 is 2.74 bits per heavy atom. The maximum Gasteiger partial charge on any atom is 0.244 e. The van der Waals surface area contributed by atoms with Crippen LogP contribution in [0.15, 0.2) is 54.6 Å². The summed E-state index contributed by atoms with van der Waals surface area (Å²) >= 11 is 0. The minimum absolute atomic E-state index is 0.0937. The lowest BCUT2D eigenvalue weighted by Gasteiger charge is -2.29. The molecule has 27 heavy (non-hydrogen) atoms. The monoisotopic (exact) mass is 368 g/mol. The SMILES string of the molecule is CCC(NC(=O)C=Cc1ccccc1F)c1cccc(N2CCOCC2)c1. The molecule has 4 nitrogen and oxygen atoms in total. The summed E-state index contributed by atoms with van der Waals surface area (Å²) in [7, 11) is 0. The van der Waals surface area contributed by atoms with E-state index in [1.54, 1.807) is 18.2 Å². The first-order valence-corrected chi connectivity index (χ1v) is 9.33. The second-order valence-electron chi connectivity index (χ2n) is 6.52. The van der Waals surface area contributed by atoms with E-state index in [2.05, 4.69) is 22.3 Å². The van der Waals surface area contributed by atoms with Crippen molar-refractivity contribution in [1.82, 2.24) is 5.32 Å². The first-order chi connectivity index (χ1) is 13.2. The molecule has 5 heteroatoms. The van der Waals surface area contributed by atoms with Crippen molar-refractivity contribution in [3.8, 4) is 0 Å². The van der Waals surface area contributed by atoms with Crippen molar-refractivity contribution in [2.24, 2.45) is 0 Å². The molecule has 1 amide bonds. The van der Waals surface area contributed by atoms with Gasteiger partial charge >= 0.3 is 0 Å². The Balaban J connectivity index is 1.67. The first kappa shape index (κ1) is 19.1. The molecule has 1 aliphatic heterocycles. The summed E-state index contributed by atoms with van der Waals surface area (Å²) in [4.78, 5) is 14.6. The van der Waals surface area contributed by atoms with Gasteiger partial charge in [-0.2, -0.15) is 0 Å². The number of morpholine rings is 1. The Morgan fingerprint density at radius 1 is 1.22 bits per heavy atom. The number of nitrogens with one attached hydrogen (secondary N) is 1. The van der Waals surface area contributed by atoms with Crippen molar-refractivity contribution in [3.63, 3.8) is 0 Å². The van der Waals surface area contributed by atoms with Crippen molar-refractivity contribution in [2.45, 2.75) is 19.4 Å². The molecule has 1 N–H and O–H groups in total. The molecule has 1 aliphatic rings. The normalized spacial score (nSPS) is 15.7. The highest BCUT2D eigenvalue weighted by Crippen LogP contribution is 2.23. The van der Waals surface area contributed by atoms with Crippen LogP contribution in [0.5, 0.6) is 0 Å². The third-order valence-electron chi connectivity index (χ3n) is 4.69. The third kappa shape index (κ3) is 5.17. The number of anilines is 1. The van der Waals surface area contributed by atoms with Gasteiger partial charge in [-0.3, -0.25) is 4.79 Å². The van der Waals surface area contributed by atoms with Crippen LogP contribution in [0.4, 0.5) is 10.1 Å². The van der Waals surface area contributed by atoms with E-state index in [0.29, 0.717) is 5.56 Å². The van der Waals surface area contributed by atoms with Crippen molar-refractivity contribution < 1.29 is 13.9 Å². The van der Waals surface area contributed by atoms with Gasteiger partial charge in [-0.05, 0) is 36.3 Å². The zero-order valence-electron chi connectivity index (χ0n) is 15.5. The number of carbonyl (C=O) groups is 1. The fourth-order valence-corrected chi connectivity index (χ4v) is 3.18. The number of benzene rings is 2. The minimum atomic E-state index is -0.341. The van der Waals surface area contributed by atoms with Crippen LogP contribution in [0.2, 0.25) is 0 Å². The number of rotatable bonds is 6. The Labute approximate surface area is 159 Å². The van der Waals surface area contributed by atoms with Crippen LogP contribution in [-0.2, 0) is 9.53 Å². The van der Waals surface area contributed by atoms with Gasteiger partial charge in [0, 0.05) is 30.4 Å². The van der Waals surface area contributed by atoms with E-state index in [9.17, 15) is 9.18 Å². The number of halogens is 1. The molecule has 0 saturated carbocycles. The van der Waals surface area contributed by atoms with Gasteiger partial charge in [-0.1, -0.05) is 37.3 Å². The standard InChI is InChI=1S/C22H25FN2O2/c1-2-21(24-22(26)11-10-17-6-3-4-9-20(17)23)18-7-5-8-19(16-18)25-12-14-27-15-13-25/h3-11,16,21H,2,12-15H2,1H3,(H,24,26).